The van der Waals surface area contributed by atoms with E-state index >= 15 is 0 Å². The van der Waals surface area contributed by atoms with E-state index in [0.717, 1.165) is 10.5 Å². The Hall–Kier alpha value is -1.72. The number of nitrogens with zero attached hydrogens (tertiary/aromatic N) is 1. The van der Waals surface area contributed by atoms with Gasteiger partial charge in [0.25, 0.3) is 5.91 Å². The van der Waals surface area contributed by atoms with Gasteiger partial charge >= 0.3 is 11.3 Å². The lowest BCUT2D eigenvalue weighted by Crippen LogP contribution is -2.74. The first-order valence-corrected chi connectivity index (χ1v) is 10.5. The standard InChI is InChI=1S/C17H18Cl3N3O6S/c1-9(24)22-11-13(25)23(14(11)30-16(27)29-8-17(18,19)20)12(21)15(26)28-7-10-5-3-2-4-6-10/h2-6,11-12,14H,7-8,21H2,1H3,(H,22,24). The molecule has 13 heteroatoms. The molecule has 0 spiro atoms. The first-order chi connectivity index (χ1) is 14.0. The predicted molar refractivity (Wildman–Crippen MR) is 112 cm³/mol. The highest BCUT2D eigenvalue weighted by molar-refractivity contribution is 8.13. The number of β-lactam (4-membered cyclic amide) rings is 1. The predicted octanol–water partition coefficient (Wildman–Crippen LogP) is 1.93. The molecule has 1 aliphatic heterocycles. The number of nitrogens with two attached hydrogens (primary N) is 1. The summed E-state index contributed by atoms with van der Waals surface area (Å²) in [4.78, 5) is 49.1. The van der Waals surface area contributed by atoms with E-state index in [1.54, 1.807) is 24.3 Å². The van der Waals surface area contributed by atoms with Crippen molar-refractivity contribution in [3.63, 3.8) is 0 Å². The van der Waals surface area contributed by atoms with Crippen LogP contribution in [0.3, 0.4) is 0 Å². The summed E-state index contributed by atoms with van der Waals surface area (Å²) < 4.78 is 8.13. The number of carbonyl (C=O) groups excluding carboxylic acids is 4. The normalized spacial score (nSPS) is 19.5. The summed E-state index contributed by atoms with van der Waals surface area (Å²) in [5.41, 5.74) is 6.60. The van der Waals surface area contributed by atoms with Gasteiger partial charge in [0, 0.05) is 6.92 Å². The Kier molecular flexibility index (Phi) is 8.62. The molecule has 0 saturated carbocycles. The summed E-state index contributed by atoms with van der Waals surface area (Å²) in [6.45, 7) is 0.626. The zero-order chi connectivity index (χ0) is 22.5. The molecule has 1 aromatic carbocycles. The second kappa shape index (κ2) is 10.5. The zero-order valence-electron chi connectivity index (χ0n) is 15.5. The molecular formula is C17H18Cl3N3O6S. The lowest BCUT2D eigenvalue weighted by molar-refractivity contribution is -0.165. The molecule has 0 aromatic heterocycles. The molecule has 2 rings (SSSR count). The average molecular weight is 499 g/mol. The number of halogens is 3. The summed E-state index contributed by atoms with van der Waals surface area (Å²) in [6, 6.07) is 7.77. The highest BCUT2D eigenvalue weighted by Crippen LogP contribution is 2.34. The highest BCUT2D eigenvalue weighted by atomic mass is 35.6. The Morgan fingerprint density at radius 1 is 1.23 bits per heavy atom. The number of rotatable bonds is 7. The van der Waals surface area contributed by atoms with Gasteiger partial charge in [-0.1, -0.05) is 65.1 Å². The monoisotopic (exact) mass is 497 g/mol. The third-order valence-corrected chi connectivity index (χ3v) is 5.15. The van der Waals surface area contributed by atoms with Crippen LogP contribution in [0.25, 0.3) is 0 Å². The molecule has 9 nitrogen and oxygen atoms in total. The minimum Gasteiger partial charge on any atom is -0.458 e. The summed E-state index contributed by atoms with van der Waals surface area (Å²) in [5.74, 6) is -2.04. The number of hydrogen-bond acceptors (Lipinski definition) is 8. The molecule has 1 aliphatic rings. The van der Waals surface area contributed by atoms with E-state index in [9.17, 15) is 19.2 Å². The van der Waals surface area contributed by atoms with E-state index in [1.165, 1.54) is 6.92 Å². The van der Waals surface area contributed by atoms with E-state index in [1.807, 2.05) is 6.07 Å². The van der Waals surface area contributed by atoms with Crippen molar-refractivity contribution in [2.45, 2.75) is 34.9 Å². The van der Waals surface area contributed by atoms with Crippen molar-refractivity contribution in [2.75, 3.05) is 6.61 Å². The maximum absolute atomic E-state index is 12.4. The van der Waals surface area contributed by atoms with Crippen LogP contribution < -0.4 is 11.1 Å². The third-order valence-electron chi connectivity index (χ3n) is 3.77. The average Bonchev–Trinajstić information content (AvgIpc) is 2.68. The van der Waals surface area contributed by atoms with Crippen molar-refractivity contribution in [1.82, 2.24) is 10.2 Å². The Bertz CT molecular complexity index is 808. The highest BCUT2D eigenvalue weighted by Gasteiger charge is 2.54. The largest absolute Gasteiger partial charge is 0.458 e. The summed E-state index contributed by atoms with van der Waals surface area (Å²) in [5, 5.41) is 0.498. The van der Waals surface area contributed by atoms with Crippen molar-refractivity contribution < 1.29 is 28.7 Å². The van der Waals surface area contributed by atoms with Gasteiger partial charge in [0.15, 0.2) is 6.17 Å². The Labute approximate surface area is 191 Å². The van der Waals surface area contributed by atoms with E-state index in [2.05, 4.69) is 5.32 Å². The number of benzene rings is 1. The van der Waals surface area contributed by atoms with Crippen molar-refractivity contribution in [1.29, 1.82) is 0 Å². The van der Waals surface area contributed by atoms with Gasteiger partial charge in [-0.3, -0.25) is 14.5 Å². The fourth-order valence-corrected chi connectivity index (χ4v) is 3.62. The lowest BCUT2D eigenvalue weighted by atomic mass is 10.1. The van der Waals surface area contributed by atoms with Gasteiger partial charge < -0.3 is 20.5 Å². The number of hydrogen-bond donors (Lipinski definition) is 2. The second-order valence-electron chi connectivity index (χ2n) is 6.12. The van der Waals surface area contributed by atoms with Gasteiger partial charge in [-0.15, -0.1) is 0 Å². The van der Waals surface area contributed by atoms with E-state index in [-0.39, 0.29) is 6.61 Å². The van der Waals surface area contributed by atoms with Crippen molar-refractivity contribution in [3.8, 4) is 0 Å². The molecule has 164 valence electrons. The summed E-state index contributed by atoms with van der Waals surface area (Å²) >= 11 is 17.1. The quantitative estimate of drug-likeness (QED) is 0.331. The van der Waals surface area contributed by atoms with Crippen LogP contribution in [-0.4, -0.2) is 56.0 Å². The second-order valence-corrected chi connectivity index (χ2v) is 9.69. The molecule has 1 aromatic rings. The minimum absolute atomic E-state index is 0.0480. The fourth-order valence-electron chi connectivity index (χ4n) is 2.46. The van der Waals surface area contributed by atoms with Crippen LogP contribution in [-0.2, 0) is 30.5 Å². The first kappa shape index (κ1) is 24.5. The fraction of sp³-hybridized carbons (Fsp3) is 0.412. The molecule has 3 unspecified atom stereocenters. The van der Waals surface area contributed by atoms with Crippen LogP contribution in [0, 0.1) is 0 Å². The van der Waals surface area contributed by atoms with Crippen LogP contribution in [0.15, 0.2) is 30.3 Å². The molecule has 30 heavy (non-hydrogen) atoms. The Morgan fingerprint density at radius 2 is 1.87 bits per heavy atom. The van der Waals surface area contributed by atoms with Crippen LogP contribution in [0.5, 0.6) is 0 Å². The van der Waals surface area contributed by atoms with Gasteiger partial charge in [-0.05, 0) is 17.3 Å². The topological polar surface area (TPSA) is 128 Å². The third kappa shape index (κ3) is 6.92. The smallest absolute Gasteiger partial charge is 0.369 e. The SMILES string of the molecule is CC(=O)NC1C(=O)N(C(N)C(=O)OCc2ccccc2)C1SC(=O)OCC(Cl)(Cl)Cl. The molecule has 1 heterocycles. The number of esters is 1. The van der Waals surface area contributed by atoms with Crippen LogP contribution >= 0.6 is 46.6 Å². The molecule has 1 fully saturated rings. The Morgan fingerprint density at radius 3 is 2.43 bits per heavy atom. The number of alkyl halides is 3. The molecular weight excluding hydrogens is 481 g/mol. The van der Waals surface area contributed by atoms with Gasteiger partial charge in [0.05, 0.1) is 0 Å². The van der Waals surface area contributed by atoms with Crippen molar-refractivity contribution in [3.05, 3.63) is 35.9 Å². The van der Waals surface area contributed by atoms with Gasteiger partial charge in [-0.2, -0.15) is 0 Å². The molecule has 2 amide bonds. The first-order valence-electron chi connectivity index (χ1n) is 8.45. The Balaban J connectivity index is 2.03. The maximum Gasteiger partial charge on any atom is 0.369 e. The molecule has 1 saturated heterocycles. The number of amides is 2. The summed E-state index contributed by atoms with van der Waals surface area (Å²) in [6.07, 6.45) is -1.50. The molecule has 0 aliphatic carbocycles. The van der Waals surface area contributed by atoms with Crippen molar-refractivity contribution in [2.24, 2.45) is 5.73 Å². The number of thioether (sulfide) groups is 1. The number of nitrogens with one attached hydrogen (secondary N) is 1. The number of carbonyl (C=O) groups is 4. The molecule has 0 radical (unpaired) electrons. The van der Waals surface area contributed by atoms with E-state index < -0.39 is 51.1 Å². The summed E-state index contributed by atoms with van der Waals surface area (Å²) in [7, 11) is 0. The van der Waals surface area contributed by atoms with E-state index in [4.69, 9.17) is 50.0 Å². The van der Waals surface area contributed by atoms with Crippen LogP contribution in [0.2, 0.25) is 0 Å². The number of ether oxygens (including phenoxy) is 2. The molecule has 0 bridgehead atoms. The van der Waals surface area contributed by atoms with Gasteiger partial charge in [0.1, 0.15) is 24.6 Å². The molecule has 3 atom stereocenters. The van der Waals surface area contributed by atoms with Gasteiger partial charge in [0.2, 0.25) is 9.70 Å². The van der Waals surface area contributed by atoms with Crippen LogP contribution in [0.4, 0.5) is 4.79 Å². The van der Waals surface area contributed by atoms with Crippen molar-refractivity contribution >= 4 is 69.6 Å². The lowest BCUT2D eigenvalue weighted by Gasteiger charge is -2.47. The maximum atomic E-state index is 12.4. The minimum atomic E-state index is -1.82. The van der Waals surface area contributed by atoms with Gasteiger partial charge in [-0.25, -0.2) is 9.59 Å². The number of likely N-dealkylation sites (tertiary alicyclic amines) is 1. The van der Waals surface area contributed by atoms with E-state index in [0.29, 0.717) is 11.8 Å². The molecule has 3 N–H and O–H groups in total. The van der Waals surface area contributed by atoms with Crippen LogP contribution in [0.1, 0.15) is 12.5 Å². The zero-order valence-corrected chi connectivity index (χ0v) is 18.6.